The van der Waals surface area contributed by atoms with Crippen molar-refractivity contribution in [3.8, 4) is 0 Å². The number of nitrogens with one attached hydrogen (secondary N) is 7. The summed E-state index contributed by atoms with van der Waals surface area (Å²) in [5, 5.41) is 93.2. The number of anilines is 3. The third-order valence-corrected chi connectivity index (χ3v) is 9.77. The first kappa shape index (κ1) is 47.1. The molecule has 24 heteroatoms. The van der Waals surface area contributed by atoms with Crippen LogP contribution in [0.3, 0.4) is 0 Å². The molecule has 24 nitrogen and oxygen atoms in total. The van der Waals surface area contributed by atoms with Crippen molar-refractivity contribution < 1.29 is 76.1 Å². The van der Waals surface area contributed by atoms with Crippen LogP contribution in [0, 0.1) is 6.61 Å². The molecule has 59 heavy (non-hydrogen) atoms. The van der Waals surface area contributed by atoms with Gasteiger partial charge in [0.25, 0.3) is 5.82 Å². The van der Waals surface area contributed by atoms with Crippen molar-refractivity contribution in [3.63, 3.8) is 0 Å². The number of hydrogen-bond donors (Lipinski definition) is 16. The molecular weight excluding hydrogens is 780 g/mol. The number of hydrogen-bond acceptors (Lipinski definition) is 18. The fraction of sp³-hybridized carbons (Fsp3) is 0.629. The number of aromatic amines is 2. The standard InChI is InChI=1S/2C11H16N4O4.C6H8N4O.C5H9O3.2CH4/c2*16-3-8-6(17)1-9(19-8)15-5-14-10-7(18)2-12-4-13-11(10)15;11-4-1-7-2-9-6-5(4)8-3-10-6;6-3-5-4(7)1-2-8-5;;/h2*4-9,16-18H,1-3H2,(H,12,13);2-4,11H,1H2,(H,7,9)(H,8,10);2,4-7H,1,3H2;2*1H4/q;;;+1;;/p+4/t2*6?,7-,8-,9-;4-;4?,5-;;/m1111../s1. The Morgan fingerprint density at radius 2 is 1.47 bits per heavy atom. The molecule has 6 aliphatic rings. The van der Waals surface area contributed by atoms with Gasteiger partial charge in [-0.3, -0.25) is 24.5 Å². The highest BCUT2D eigenvalue weighted by atomic mass is 16.5. The summed E-state index contributed by atoms with van der Waals surface area (Å²) in [4.78, 5) is 23.8. The predicted molar refractivity (Wildman–Crippen MR) is 209 cm³/mol. The Morgan fingerprint density at radius 3 is 2.12 bits per heavy atom. The maximum Gasteiger partial charge on any atom is 1.00 e. The average molecular weight is 842 g/mol. The number of imidazole rings is 3. The van der Waals surface area contributed by atoms with Gasteiger partial charge in [-0.1, -0.05) is 14.9 Å². The number of β-amino-alcohol motifs (C(OH)–C–C–N with tert-alkyl or cyclic N) is 2. The van der Waals surface area contributed by atoms with E-state index in [2.05, 4.69) is 50.9 Å². The van der Waals surface area contributed by atoms with Crippen molar-refractivity contribution in [3.05, 3.63) is 42.7 Å². The molecule has 0 amide bonds. The summed E-state index contributed by atoms with van der Waals surface area (Å²) < 4.78 is 19.4. The number of aliphatic hydroxyl groups is 9. The highest BCUT2D eigenvalue weighted by molar-refractivity contribution is 5.76. The normalized spacial score (nSPS) is 31.0. The van der Waals surface area contributed by atoms with Gasteiger partial charge in [-0.15, -0.1) is 0 Å². The van der Waals surface area contributed by atoms with Gasteiger partial charge < -0.3 is 65.7 Å². The predicted octanol–water partition coefficient (Wildman–Crippen LogP) is -5.83. The molecule has 0 bridgehead atoms. The Morgan fingerprint density at radius 1 is 0.797 bits per heavy atom. The molecular formula is C35H61N12O12+5. The Labute approximate surface area is 341 Å². The number of nitrogens with zero attached hydrogens (tertiary/aromatic N) is 5. The summed E-state index contributed by atoms with van der Waals surface area (Å²) in [6.07, 6.45) is 4.74. The molecule has 0 aliphatic carbocycles. The third-order valence-electron chi connectivity index (χ3n) is 9.77. The zero-order chi connectivity index (χ0) is 40.5. The fourth-order valence-corrected chi connectivity index (χ4v) is 6.62. The van der Waals surface area contributed by atoms with Crippen LogP contribution in [0.2, 0.25) is 0 Å². The number of H-pyrrole nitrogens is 2. The van der Waals surface area contributed by atoms with Crippen LogP contribution >= 0.6 is 0 Å². The summed E-state index contributed by atoms with van der Waals surface area (Å²) >= 11 is 0. The Balaban J connectivity index is 0.000000221. The minimum Gasteiger partial charge on any atom is -0.394 e. The first-order valence-electron chi connectivity index (χ1n) is 18.4. The van der Waals surface area contributed by atoms with Gasteiger partial charge in [0.05, 0.1) is 57.6 Å². The highest BCUT2D eigenvalue weighted by Crippen LogP contribution is 2.34. The molecule has 0 saturated carbocycles. The quantitative estimate of drug-likeness (QED) is 0.0840. The Kier molecular flexibility index (Phi) is 17.7. The maximum atomic E-state index is 9.95. The van der Waals surface area contributed by atoms with Crippen molar-refractivity contribution in [2.24, 2.45) is 4.99 Å². The van der Waals surface area contributed by atoms with Gasteiger partial charge in [0.15, 0.2) is 30.5 Å². The smallest absolute Gasteiger partial charge is 0.394 e. The molecule has 0 radical (unpaired) electrons. The van der Waals surface area contributed by atoms with Crippen molar-refractivity contribution in [2.75, 3.05) is 55.4 Å². The topological polar surface area (TPSA) is 352 Å². The lowest BCUT2D eigenvalue weighted by Gasteiger charge is -2.16. The van der Waals surface area contributed by atoms with Crippen molar-refractivity contribution in [1.29, 1.82) is 0 Å². The SMILES string of the molecule is C.C.OC[C@H]1O[C@@H]([n+]2c[nH]c3c2NC=[NH+]C[C@H]3O)CC1O.OC[C@H]1O[C@@H](n2cnc3c2NC=NC[C@H]3O)CC1O.OC[C@H]1O[CH+]CC1O.O[C@@H]1C[NH+]=CNc2nc[nH]c21.[H+]. The van der Waals surface area contributed by atoms with Crippen LogP contribution in [0.15, 0.2) is 24.0 Å². The number of aromatic nitrogens is 6. The molecule has 3 aromatic heterocycles. The Bertz CT molecular complexity index is 1720. The molecule has 3 saturated heterocycles. The first-order chi connectivity index (χ1) is 27.6. The van der Waals surface area contributed by atoms with Crippen LogP contribution in [-0.2, 0) is 14.2 Å². The molecule has 16 N–H and O–H groups in total. The monoisotopic (exact) mass is 841 g/mol. The van der Waals surface area contributed by atoms with Crippen LogP contribution in [0.5, 0.6) is 0 Å². The average Bonchev–Trinajstić information content (AvgIpc) is 4.07. The Hall–Kier alpha value is -4.57. The summed E-state index contributed by atoms with van der Waals surface area (Å²) in [5.41, 5.74) is 1.89. The number of rotatable bonds is 5. The molecule has 0 spiro atoms. The number of aliphatic hydroxyl groups excluding tert-OH is 9. The van der Waals surface area contributed by atoms with Gasteiger partial charge in [0, 0.05) is 12.8 Å². The molecule has 3 fully saturated rings. The lowest BCUT2D eigenvalue weighted by molar-refractivity contribution is -0.746. The minimum atomic E-state index is -0.762. The van der Waals surface area contributed by atoms with Gasteiger partial charge >= 0.3 is 1.43 Å². The van der Waals surface area contributed by atoms with Crippen molar-refractivity contribution in [1.82, 2.24) is 24.5 Å². The van der Waals surface area contributed by atoms with E-state index >= 15 is 0 Å². The zero-order valence-electron chi connectivity index (χ0n) is 31.7. The van der Waals surface area contributed by atoms with E-state index in [1.54, 1.807) is 40.8 Å². The lowest BCUT2D eigenvalue weighted by Crippen LogP contribution is -2.71. The number of ether oxygens (including phenoxy) is 3. The van der Waals surface area contributed by atoms with E-state index in [9.17, 15) is 25.5 Å². The minimum absolute atomic E-state index is 0. The fourth-order valence-electron chi connectivity index (χ4n) is 6.62. The molecule has 6 aliphatic heterocycles. The largest absolute Gasteiger partial charge is 1.00 e. The van der Waals surface area contributed by atoms with E-state index < -0.39 is 55.1 Å². The molecule has 3 unspecified atom stereocenters. The van der Waals surface area contributed by atoms with Gasteiger partial charge in [0.1, 0.15) is 73.5 Å². The van der Waals surface area contributed by atoms with E-state index in [0.29, 0.717) is 61.2 Å². The second-order valence-electron chi connectivity index (χ2n) is 13.6. The van der Waals surface area contributed by atoms with E-state index in [-0.39, 0.29) is 55.0 Å². The molecule has 3 aromatic rings. The van der Waals surface area contributed by atoms with Gasteiger partial charge in [-0.25, -0.2) is 20.2 Å². The van der Waals surface area contributed by atoms with E-state index in [0.717, 1.165) is 5.69 Å². The molecule has 9 rings (SSSR count). The van der Waals surface area contributed by atoms with Crippen LogP contribution in [0.4, 0.5) is 17.5 Å². The third kappa shape index (κ3) is 11.2. The van der Waals surface area contributed by atoms with Crippen molar-refractivity contribution in [2.45, 2.75) is 102 Å². The summed E-state index contributed by atoms with van der Waals surface area (Å²) in [6.45, 7) is 2.14. The van der Waals surface area contributed by atoms with Gasteiger partial charge in [-0.05, 0) is 0 Å². The van der Waals surface area contributed by atoms with E-state index in [1.807, 2.05) is 0 Å². The van der Waals surface area contributed by atoms with Crippen LogP contribution < -0.4 is 30.5 Å². The molecule has 11 atom stereocenters. The maximum absolute atomic E-state index is 9.95. The van der Waals surface area contributed by atoms with Gasteiger partial charge in [-0.2, -0.15) is 9.72 Å². The summed E-state index contributed by atoms with van der Waals surface area (Å²) in [5.74, 6) is 1.97. The highest BCUT2D eigenvalue weighted by Gasteiger charge is 2.40. The number of aliphatic imine (C=N–C) groups is 1. The molecule has 9 heterocycles. The van der Waals surface area contributed by atoms with Crippen LogP contribution in [0.1, 0.15) is 83.4 Å². The van der Waals surface area contributed by atoms with Crippen molar-refractivity contribution >= 4 is 36.5 Å². The van der Waals surface area contributed by atoms with Crippen LogP contribution in [0.25, 0.3) is 0 Å². The van der Waals surface area contributed by atoms with Gasteiger partial charge in [0.2, 0.25) is 25.1 Å². The lowest BCUT2D eigenvalue weighted by atomic mass is 10.2. The second kappa shape index (κ2) is 22.2. The van der Waals surface area contributed by atoms with Crippen LogP contribution in [-0.4, -0.2) is 166 Å². The molecule has 0 aromatic carbocycles. The molecule has 328 valence electrons. The van der Waals surface area contributed by atoms with E-state index in [4.69, 9.17) is 34.6 Å². The van der Waals surface area contributed by atoms with E-state index in [1.165, 1.54) is 12.9 Å². The number of fused-ring (bicyclic) bond motifs is 3. The second-order valence-corrected chi connectivity index (χ2v) is 13.6. The summed E-state index contributed by atoms with van der Waals surface area (Å²) in [7, 11) is 0. The zero-order valence-corrected chi connectivity index (χ0v) is 30.7. The summed E-state index contributed by atoms with van der Waals surface area (Å²) in [6, 6.07) is 0. The first-order valence-corrected chi connectivity index (χ1v) is 18.4.